The minimum atomic E-state index is -0.0439. The molecule has 0 saturated carbocycles. The van der Waals surface area contributed by atoms with Crippen LogP contribution in [-0.2, 0) is 11.2 Å². The van der Waals surface area contributed by atoms with Gasteiger partial charge in [-0.3, -0.25) is 4.79 Å². The van der Waals surface area contributed by atoms with Gasteiger partial charge >= 0.3 is 0 Å². The molecule has 128 valence electrons. The first-order valence-corrected chi connectivity index (χ1v) is 8.18. The van der Waals surface area contributed by atoms with Gasteiger partial charge in [-0.25, -0.2) is 0 Å². The highest BCUT2D eigenvalue weighted by Gasteiger charge is 2.08. The number of amides is 1. The number of carbonyl (C=O) groups is 1. The van der Waals surface area contributed by atoms with Crippen molar-refractivity contribution in [3.05, 3.63) is 59.7 Å². The Morgan fingerprint density at radius 1 is 1.04 bits per heavy atom. The van der Waals surface area contributed by atoms with Crippen molar-refractivity contribution < 1.29 is 14.3 Å². The third kappa shape index (κ3) is 5.95. The standard InChI is InChI=1S/C20H25NO3/c1-15-4-6-17(7-5-15)8-13-20(22)21-16(2)14-24-19-11-9-18(23-3)10-12-19/h4-7,9-12,16H,8,13-14H2,1-3H3,(H,21,22). The van der Waals surface area contributed by atoms with E-state index in [4.69, 9.17) is 9.47 Å². The molecule has 0 fully saturated rings. The van der Waals surface area contributed by atoms with E-state index in [1.807, 2.05) is 31.2 Å². The van der Waals surface area contributed by atoms with Gasteiger partial charge in [0.15, 0.2) is 0 Å². The van der Waals surface area contributed by atoms with Crippen LogP contribution in [0.5, 0.6) is 11.5 Å². The predicted octanol–water partition coefficient (Wildman–Crippen LogP) is 3.52. The van der Waals surface area contributed by atoms with Crippen LogP contribution in [0, 0.1) is 6.92 Å². The second-order valence-electron chi connectivity index (χ2n) is 5.94. The van der Waals surface area contributed by atoms with E-state index < -0.39 is 0 Å². The minimum absolute atomic E-state index is 0.0430. The lowest BCUT2D eigenvalue weighted by Crippen LogP contribution is -2.36. The number of hydrogen-bond donors (Lipinski definition) is 1. The van der Waals surface area contributed by atoms with Crippen molar-refractivity contribution in [2.24, 2.45) is 0 Å². The van der Waals surface area contributed by atoms with E-state index in [-0.39, 0.29) is 11.9 Å². The Balaban J connectivity index is 1.69. The van der Waals surface area contributed by atoms with Crippen LogP contribution in [0.25, 0.3) is 0 Å². The lowest BCUT2D eigenvalue weighted by Gasteiger charge is -2.15. The van der Waals surface area contributed by atoms with Gasteiger partial charge < -0.3 is 14.8 Å². The van der Waals surface area contributed by atoms with Crippen LogP contribution >= 0.6 is 0 Å². The summed E-state index contributed by atoms with van der Waals surface area (Å²) in [5.74, 6) is 1.60. The Kier molecular flexibility index (Phi) is 6.67. The summed E-state index contributed by atoms with van der Waals surface area (Å²) in [4.78, 5) is 12.0. The van der Waals surface area contributed by atoms with Crippen molar-refractivity contribution in [2.45, 2.75) is 32.7 Å². The third-order valence-electron chi connectivity index (χ3n) is 3.73. The lowest BCUT2D eigenvalue weighted by atomic mass is 10.1. The molecule has 2 aromatic carbocycles. The molecule has 1 amide bonds. The normalized spacial score (nSPS) is 11.6. The Labute approximate surface area is 143 Å². The molecular weight excluding hydrogens is 302 g/mol. The lowest BCUT2D eigenvalue weighted by molar-refractivity contribution is -0.121. The van der Waals surface area contributed by atoms with E-state index in [1.165, 1.54) is 11.1 Å². The first kappa shape index (κ1) is 17.9. The number of benzene rings is 2. The Morgan fingerprint density at radius 3 is 2.29 bits per heavy atom. The number of hydrogen-bond acceptors (Lipinski definition) is 3. The molecule has 0 radical (unpaired) electrons. The number of nitrogens with one attached hydrogen (secondary N) is 1. The highest BCUT2D eigenvalue weighted by molar-refractivity contribution is 5.76. The van der Waals surface area contributed by atoms with E-state index in [2.05, 4.69) is 36.5 Å². The smallest absolute Gasteiger partial charge is 0.220 e. The molecule has 0 bridgehead atoms. The molecule has 4 heteroatoms. The maximum atomic E-state index is 12.0. The summed E-state index contributed by atoms with van der Waals surface area (Å²) in [5, 5.41) is 2.97. The van der Waals surface area contributed by atoms with E-state index in [9.17, 15) is 4.79 Å². The van der Waals surface area contributed by atoms with Gasteiger partial charge in [0.05, 0.1) is 13.2 Å². The summed E-state index contributed by atoms with van der Waals surface area (Å²) in [6.45, 7) is 4.43. The third-order valence-corrected chi connectivity index (χ3v) is 3.73. The number of carbonyl (C=O) groups excluding carboxylic acids is 1. The maximum absolute atomic E-state index is 12.0. The minimum Gasteiger partial charge on any atom is -0.497 e. The van der Waals surface area contributed by atoms with Crippen LogP contribution in [-0.4, -0.2) is 25.7 Å². The number of methoxy groups -OCH3 is 1. The number of ether oxygens (including phenoxy) is 2. The molecule has 1 atom stereocenters. The van der Waals surface area contributed by atoms with E-state index in [0.717, 1.165) is 17.9 Å². The van der Waals surface area contributed by atoms with Crippen molar-refractivity contribution in [3.63, 3.8) is 0 Å². The monoisotopic (exact) mass is 327 g/mol. The van der Waals surface area contributed by atoms with Crippen LogP contribution < -0.4 is 14.8 Å². The molecule has 0 aliphatic heterocycles. The molecule has 0 spiro atoms. The average Bonchev–Trinajstić information content (AvgIpc) is 2.60. The van der Waals surface area contributed by atoms with E-state index in [1.54, 1.807) is 7.11 Å². The van der Waals surface area contributed by atoms with E-state index in [0.29, 0.717) is 13.0 Å². The molecular formula is C20H25NO3. The van der Waals surface area contributed by atoms with Crippen LogP contribution in [0.4, 0.5) is 0 Å². The molecule has 2 rings (SSSR count). The second kappa shape index (κ2) is 8.96. The zero-order chi connectivity index (χ0) is 17.4. The predicted molar refractivity (Wildman–Crippen MR) is 95.6 cm³/mol. The maximum Gasteiger partial charge on any atom is 0.220 e. The quantitative estimate of drug-likeness (QED) is 0.807. The van der Waals surface area contributed by atoms with Gasteiger partial charge in [-0.05, 0) is 50.1 Å². The van der Waals surface area contributed by atoms with Crippen molar-refractivity contribution in [3.8, 4) is 11.5 Å². The number of aryl methyl sites for hydroxylation is 2. The zero-order valence-electron chi connectivity index (χ0n) is 14.5. The molecule has 2 aromatic rings. The zero-order valence-corrected chi connectivity index (χ0v) is 14.5. The molecule has 1 N–H and O–H groups in total. The van der Waals surface area contributed by atoms with Gasteiger partial charge in [0, 0.05) is 6.42 Å². The van der Waals surface area contributed by atoms with Crippen molar-refractivity contribution in [2.75, 3.05) is 13.7 Å². The van der Waals surface area contributed by atoms with Crippen molar-refractivity contribution >= 4 is 5.91 Å². The molecule has 24 heavy (non-hydrogen) atoms. The van der Waals surface area contributed by atoms with Gasteiger partial charge in [-0.2, -0.15) is 0 Å². The first-order chi connectivity index (χ1) is 11.6. The van der Waals surface area contributed by atoms with Gasteiger partial charge in [-0.15, -0.1) is 0 Å². The van der Waals surface area contributed by atoms with E-state index >= 15 is 0 Å². The second-order valence-corrected chi connectivity index (χ2v) is 5.94. The molecule has 0 aliphatic rings. The SMILES string of the molecule is COc1ccc(OCC(C)NC(=O)CCc2ccc(C)cc2)cc1. The van der Waals surface area contributed by atoms with Crippen LogP contribution in [0.2, 0.25) is 0 Å². The fourth-order valence-corrected chi connectivity index (χ4v) is 2.29. The fourth-order valence-electron chi connectivity index (χ4n) is 2.29. The first-order valence-electron chi connectivity index (χ1n) is 8.18. The molecule has 0 aromatic heterocycles. The van der Waals surface area contributed by atoms with Crippen LogP contribution in [0.1, 0.15) is 24.5 Å². The van der Waals surface area contributed by atoms with Gasteiger partial charge in [-0.1, -0.05) is 29.8 Å². The Bertz CT molecular complexity index is 635. The summed E-state index contributed by atoms with van der Waals surface area (Å²) >= 11 is 0. The van der Waals surface area contributed by atoms with Gasteiger partial charge in [0.25, 0.3) is 0 Å². The summed E-state index contributed by atoms with van der Waals surface area (Å²) in [5.41, 5.74) is 2.41. The van der Waals surface area contributed by atoms with Crippen LogP contribution in [0.15, 0.2) is 48.5 Å². The van der Waals surface area contributed by atoms with Crippen molar-refractivity contribution in [1.82, 2.24) is 5.32 Å². The summed E-state index contributed by atoms with van der Waals surface area (Å²) in [7, 11) is 1.63. The molecule has 0 heterocycles. The van der Waals surface area contributed by atoms with Gasteiger partial charge in [0.1, 0.15) is 18.1 Å². The summed E-state index contributed by atoms with van der Waals surface area (Å²) in [6, 6.07) is 15.6. The van der Waals surface area contributed by atoms with Crippen LogP contribution in [0.3, 0.4) is 0 Å². The van der Waals surface area contributed by atoms with Gasteiger partial charge in [0.2, 0.25) is 5.91 Å². The largest absolute Gasteiger partial charge is 0.497 e. The molecule has 0 aliphatic carbocycles. The molecule has 0 saturated heterocycles. The highest BCUT2D eigenvalue weighted by Crippen LogP contribution is 2.17. The topological polar surface area (TPSA) is 47.6 Å². The fraction of sp³-hybridized carbons (Fsp3) is 0.350. The molecule has 4 nitrogen and oxygen atoms in total. The molecule has 1 unspecified atom stereocenters. The Hall–Kier alpha value is -2.49. The Morgan fingerprint density at radius 2 is 1.67 bits per heavy atom. The average molecular weight is 327 g/mol. The highest BCUT2D eigenvalue weighted by atomic mass is 16.5. The van der Waals surface area contributed by atoms with Crippen molar-refractivity contribution in [1.29, 1.82) is 0 Å². The summed E-state index contributed by atoms with van der Waals surface area (Å²) < 4.78 is 10.8. The summed E-state index contributed by atoms with van der Waals surface area (Å²) in [6.07, 6.45) is 1.23. The number of rotatable bonds is 8.